The molecule has 0 N–H and O–H groups in total. The molecule has 130 valence electrons. The summed E-state index contributed by atoms with van der Waals surface area (Å²) < 4.78 is 5.26. The largest absolute Gasteiger partial charge is 0.487 e. The van der Waals surface area contributed by atoms with Crippen molar-refractivity contribution in [3.63, 3.8) is 0 Å². The average Bonchev–Trinajstić information content (AvgIpc) is 2.54. The Balaban J connectivity index is 1.68. The average molecular weight is 333 g/mol. The summed E-state index contributed by atoms with van der Waals surface area (Å²) in [6, 6.07) is 5.14. The number of piperazine rings is 1. The van der Waals surface area contributed by atoms with Crippen LogP contribution in [0.5, 0.6) is 5.75 Å². The van der Waals surface area contributed by atoms with E-state index >= 15 is 0 Å². The lowest BCUT2D eigenvalue weighted by Crippen LogP contribution is -2.53. The second kappa shape index (κ2) is 7.17. The molecule has 0 unspecified atom stereocenters. The summed E-state index contributed by atoms with van der Waals surface area (Å²) in [5, 5.41) is 11.2. The molecule has 7 heteroatoms. The van der Waals surface area contributed by atoms with Gasteiger partial charge in [-0.25, -0.2) is 0 Å². The number of nitrogens with zero attached hydrogens (tertiary/aromatic N) is 3. The highest BCUT2D eigenvalue weighted by Crippen LogP contribution is 2.29. The predicted molar refractivity (Wildman–Crippen MR) is 89.4 cm³/mol. The number of carbonyl (C=O) groups is 1. The first-order valence-electron chi connectivity index (χ1n) is 8.54. The van der Waals surface area contributed by atoms with Crippen molar-refractivity contribution >= 4 is 11.6 Å². The summed E-state index contributed by atoms with van der Waals surface area (Å²) >= 11 is 0. The van der Waals surface area contributed by atoms with Gasteiger partial charge in [0.1, 0.15) is 0 Å². The van der Waals surface area contributed by atoms with E-state index in [-0.39, 0.29) is 17.3 Å². The Bertz CT molecular complexity index is 622. The molecule has 1 heterocycles. The number of rotatable bonds is 5. The van der Waals surface area contributed by atoms with Crippen LogP contribution in [0.25, 0.3) is 0 Å². The van der Waals surface area contributed by atoms with Gasteiger partial charge in [-0.1, -0.05) is 6.42 Å². The first-order valence-corrected chi connectivity index (χ1v) is 8.54. The Morgan fingerprint density at radius 2 is 2.00 bits per heavy atom. The molecule has 1 aromatic rings. The minimum absolute atomic E-state index is 0.144. The highest BCUT2D eigenvalue weighted by atomic mass is 16.6. The Morgan fingerprint density at radius 1 is 1.29 bits per heavy atom. The second-order valence-electron chi connectivity index (χ2n) is 6.29. The molecule has 24 heavy (non-hydrogen) atoms. The molecule has 1 aliphatic carbocycles. The third-order valence-electron chi connectivity index (χ3n) is 4.89. The SMILES string of the molecule is CCOc1ccc(C(=O)N2CCN(C3CCC3)CC2)cc1[N+](=O)[O-]. The summed E-state index contributed by atoms with van der Waals surface area (Å²) in [5.74, 6) is 0.0586. The summed E-state index contributed by atoms with van der Waals surface area (Å²) in [6.45, 7) is 5.24. The molecule has 1 aliphatic heterocycles. The normalized spacial score (nSPS) is 19.0. The predicted octanol–water partition coefficient (Wildman–Crippen LogP) is 2.30. The van der Waals surface area contributed by atoms with Gasteiger partial charge < -0.3 is 9.64 Å². The number of ether oxygens (including phenoxy) is 1. The molecule has 0 spiro atoms. The number of nitro benzene ring substituents is 1. The molecule has 1 aromatic carbocycles. The Hall–Kier alpha value is -2.15. The van der Waals surface area contributed by atoms with E-state index in [4.69, 9.17) is 4.74 Å². The van der Waals surface area contributed by atoms with Crippen LogP contribution in [0.2, 0.25) is 0 Å². The van der Waals surface area contributed by atoms with Crippen molar-refractivity contribution in [3.05, 3.63) is 33.9 Å². The molecule has 1 amide bonds. The van der Waals surface area contributed by atoms with Gasteiger partial charge in [-0.3, -0.25) is 19.8 Å². The number of hydrogen-bond donors (Lipinski definition) is 0. The molecule has 3 rings (SSSR count). The highest BCUT2D eigenvalue weighted by molar-refractivity contribution is 5.95. The van der Waals surface area contributed by atoms with Crippen molar-refractivity contribution in [3.8, 4) is 5.75 Å². The summed E-state index contributed by atoms with van der Waals surface area (Å²) in [6.07, 6.45) is 3.83. The first-order chi connectivity index (χ1) is 11.6. The van der Waals surface area contributed by atoms with E-state index in [9.17, 15) is 14.9 Å². The molecule has 2 aliphatic rings. The zero-order chi connectivity index (χ0) is 17.1. The van der Waals surface area contributed by atoms with Crippen molar-refractivity contribution in [2.24, 2.45) is 0 Å². The minimum atomic E-state index is -0.504. The molecule has 0 atom stereocenters. The third kappa shape index (κ3) is 3.36. The van der Waals surface area contributed by atoms with Gasteiger partial charge in [0.05, 0.1) is 11.5 Å². The lowest BCUT2D eigenvalue weighted by atomic mass is 9.91. The number of hydrogen-bond acceptors (Lipinski definition) is 5. The number of carbonyl (C=O) groups excluding carboxylic acids is 1. The minimum Gasteiger partial charge on any atom is -0.487 e. The van der Waals surface area contributed by atoms with E-state index in [0.717, 1.165) is 13.1 Å². The Labute approximate surface area is 141 Å². The van der Waals surface area contributed by atoms with E-state index in [1.54, 1.807) is 17.9 Å². The summed E-state index contributed by atoms with van der Waals surface area (Å²) in [5.41, 5.74) is 0.193. The maximum absolute atomic E-state index is 12.6. The molecule has 1 saturated carbocycles. The van der Waals surface area contributed by atoms with Crippen LogP contribution in [0, 0.1) is 10.1 Å². The van der Waals surface area contributed by atoms with Crippen molar-refractivity contribution in [2.75, 3.05) is 32.8 Å². The fourth-order valence-electron chi connectivity index (χ4n) is 3.30. The van der Waals surface area contributed by atoms with Crippen LogP contribution in [0.15, 0.2) is 18.2 Å². The van der Waals surface area contributed by atoms with E-state index in [1.165, 1.54) is 31.4 Å². The number of nitro groups is 1. The van der Waals surface area contributed by atoms with Gasteiger partial charge in [-0.05, 0) is 31.9 Å². The lowest BCUT2D eigenvalue weighted by Gasteiger charge is -2.42. The van der Waals surface area contributed by atoms with Crippen LogP contribution in [-0.4, -0.2) is 59.5 Å². The molecule has 0 bridgehead atoms. The van der Waals surface area contributed by atoms with Crippen molar-refractivity contribution in [1.82, 2.24) is 9.80 Å². The Kier molecular flexibility index (Phi) is 4.99. The van der Waals surface area contributed by atoms with Crippen molar-refractivity contribution in [2.45, 2.75) is 32.2 Å². The van der Waals surface area contributed by atoms with Crippen LogP contribution in [0.1, 0.15) is 36.5 Å². The zero-order valence-electron chi connectivity index (χ0n) is 13.9. The summed E-state index contributed by atoms with van der Waals surface area (Å²) in [7, 11) is 0. The molecular weight excluding hydrogens is 310 g/mol. The zero-order valence-corrected chi connectivity index (χ0v) is 13.9. The number of amides is 1. The maximum atomic E-state index is 12.6. The molecular formula is C17H23N3O4. The van der Waals surface area contributed by atoms with Gasteiger partial charge in [0, 0.05) is 43.9 Å². The highest BCUT2D eigenvalue weighted by Gasteiger charge is 2.30. The van der Waals surface area contributed by atoms with Gasteiger partial charge in [0.2, 0.25) is 0 Å². The van der Waals surface area contributed by atoms with Crippen LogP contribution in [0.3, 0.4) is 0 Å². The van der Waals surface area contributed by atoms with Crippen LogP contribution >= 0.6 is 0 Å². The van der Waals surface area contributed by atoms with E-state index in [2.05, 4.69) is 4.90 Å². The van der Waals surface area contributed by atoms with Gasteiger partial charge in [-0.2, -0.15) is 0 Å². The molecule has 0 aromatic heterocycles. The van der Waals surface area contributed by atoms with Crippen LogP contribution in [0.4, 0.5) is 5.69 Å². The van der Waals surface area contributed by atoms with Gasteiger partial charge in [0.25, 0.3) is 5.91 Å². The van der Waals surface area contributed by atoms with Crippen LogP contribution in [-0.2, 0) is 0 Å². The van der Waals surface area contributed by atoms with E-state index in [1.807, 2.05) is 0 Å². The van der Waals surface area contributed by atoms with E-state index < -0.39 is 4.92 Å². The molecule has 0 radical (unpaired) electrons. The van der Waals surface area contributed by atoms with Gasteiger partial charge in [0.15, 0.2) is 5.75 Å². The van der Waals surface area contributed by atoms with Crippen molar-refractivity contribution < 1.29 is 14.5 Å². The fourth-order valence-corrected chi connectivity index (χ4v) is 3.30. The summed E-state index contributed by atoms with van der Waals surface area (Å²) in [4.78, 5) is 27.6. The maximum Gasteiger partial charge on any atom is 0.311 e. The topological polar surface area (TPSA) is 75.9 Å². The quantitative estimate of drug-likeness (QED) is 0.610. The Morgan fingerprint density at radius 3 is 2.54 bits per heavy atom. The fraction of sp³-hybridized carbons (Fsp3) is 0.588. The molecule has 7 nitrogen and oxygen atoms in total. The van der Waals surface area contributed by atoms with Gasteiger partial charge >= 0.3 is 5.69 Å². The lowest BCUT2D eigenvalue weighted by molar-refractivity contribution is -0.385. The molecule has 2 fully saturated rings. The first kappa shape index (κ1) is 16.7. The van der Waals surface area contributed by atoms with Crippen molar-refractivity contribution in [1.29, 1.82) is 0 Å². The van der Waals surface area contributed by atoms with E-state index in [0.29, 0.717) is 31.3 Å². The van der Waals surface area contributed by atoms with Gasteiger partial charge in [-0.15, -0.1) is 0 Å². The number of benzene rings is 1. The smallest absolute Gasteiger partial charge is 0.311 e. The second-order valence-corrected chi connectivity index (χ2v) is 6.29. The van der Waals surface area contributed by atoms with Crippen LogP contribution < -0.4 is 4.74 Å². The third-order valence-corrected chi connectivity index (χ3v) is 4.89. The standard InChI is InChI=1S/C17H23N3O4/c1-2-24-16-7-6-13(12-15(16)20(22)23)17(21)19-10-8-18(9-11-19)14-4-3-5-14/h6-7,12,14H,2-5,8-11H2,1H3. The molecule has 1 saturated heterocycles. The monoisotopic (exact) mass is 333 g/mol.